The molecule has 4 aromatic rings. The van der Waals surface area contributed by atoms with E-state index in [-0.39, 0.29) is 5.82 Å². The molecule has 0 bridgehead atoms. The molecule has 5 nitrogen and oxygen atoms in total. The molecule has 0 saturated carbocycles. The fourth-order valence-electron chi connectivity index (χ4n) is 2.23. The van der Waals surface area contributed by atoms with Crippen molar-refractivity contribution < 1.29 is 17.7 Å². The van der Waals surface area contributed by atoms with Crippen molar-refractivity contribution in [2.24, 2.45) is 0 Å². The number of halogens is 3. The first kappa shape index (κ1) is 14.8. The molecule has 0 spiro atoms. The molecule has 0 fully saturated rings. The molecule has 0 radical (unpaired) electrons. The summed E-state index contributed by atoms with van der Waals surface area (Å²) in [5.41, 5.74) is 1.57. The molecule has 3 heterocycles. The molecule has 3 aromatic heterocycles. The summed E-state index contributed by atoms with van der Waals surface area (Å²) in [6.07, 6.45) is -3.20. The minimum absolute atomic E-state index is 0.148. The quantitative estimate of drug-likeness (QED) is 0.536. The van der Waals surface area contributed by atoms with Gasteiger partial charge in [-0.2, -0.15) is 22.5 Å². The largest absolute Gasteiger partial charge is 0.471 e. The van der Waals surface area contributed by atoms with Crippen LogP contribution in [-0.2, 0) is 6.18 Å². The number of alkyl halides is 3. The highest BCUT2D eigenvalue weighted by Crippen LogP contribution is 2.32. The van der Waals surface area contributed by atoms with Crippen molar-refractivity contribution in [2.45, 2.75) is 6.18 Å². The first-order valence-corrected chi connectivity index (χ1v) is 7.52. The van der Waals surface area contributed by atoms with Crippen molar-refractivity contribution in [3.8, 4) is 22.8 Å². The standard InChI is InChI=1S/C15H7F3N4OS/c16-15(17,18)14-20-13(21-23-14)8-5-6-19-10(7-8)12-9-3-1-2-4-11(9)24-22-12/h1-7H. The number of nitrogens with zero attached hydrogens (tertiary/aromatic N) is 4. The van der Waals surface area contributed by atoms with Gasteiger partial charge in [0.15, 0.2) is 0 Å². The van der Waals surface area contributed by atoms with Crippen molar-refractivity contribution in [3.05, 3.63) is 48.5 Å². The lowest BCUT2D eigenvalue weighted by Gasteiger charge is -2.00. The van der Waals surface area contributed by atoms with E-state index in [1.165, 1.54) is 23.8 Å². The van der Waals surface area contributed by atoms with Gasteiger partial charge in [-0.05, 0) is 29.7 Å². The van der Waals surface area contributed by atoms with Crippen LogP contribution < -0.4 is 0 Å². The number of aromatic nitrogens is 4. The summed E-state index contributed by atoms with van der Waals surface area (Å²) in [5, 5.41) is 4.31. The molecule has 0 aliphatic carbocycles. The smallest absolute Gasteiger partial charge is 0.329 e. The van der Waals surface area contributed by atoms with Crippen LogP contribution in [0.2, 0.25) is 0 Å². The normalized spacial score (nSPS) is 12.0. The highest BCUT2D eigenvalue weighted by atomic mass is 32.1. The van der Waals surface area contributed by atoms with E-state index < -0.39 is 12.1 Å². The maximum Gasteiger partial charge on any atom is 0.471 e. The average Bonchev–Trinajstić information content (AvgIpc) is 3.22. The molecule has 0 unspecified atom stereocenters. The van der Waals surface area contributed by atoms with Crippen molar-refractivity contribution in [1.29, 1.82) is 0 Å². The van der Waals surface area contributed by atoms with Crippen LogP contribution in [0.15, 0.2) is 47.1 Å². The lowest BCUT2D eigenvalue weighted by Crippen LogP contribution is -2.04. The van der Waals surface area contributed by atoms with Crippen LogP contribution >= 0.6 is 11.5 Å². The van der Waals surface area contributed by atoms with E-state index in [0.717, 1.165) is 10.1 Å². The van der Waals surface area contributed by atoms with Crippen molar-refractivity contribution in [3.63, 3.8) is 0 Å². The molecule has 24 heavy (non-hydrogen) atoms. The fourth-order valence-corrected chi connectivity index (χ4v) is 3.01. The summed E-state index contributed by atoms with van der Waals surface area (Å²) in [6.45, 7) is 0. The summed E-state index contributed by atoms with van der Waals surface area (Å²) in [7, 11) is 0. The van der Waals surface area contributed by atoms with Crippen LogP contribution in [0, 0.1) is 0 Å². The van der Waals surface area contributed by atoms with Crippen molar-refractivity contribution in [1.82, 2.24) is 19.5 Å². The average molecular weight is 348 g/mol. The van der Waals surface area contributed by atoms with Crippen molar-refractivity contribution in [2.75, 3.05) is 0 Å². The molecule has 0 aliphatic heterocycles. The first-order chi connectivity index (χ1) is 11.5. The van der Waals surface area contributed by atoms with Gasteiger partial charge < -0.3 is 4.52 Å². The molecule has 0 amide bonds. The molecule has 9 heteroatoms. The van der Waals surface area contributed by atoms with Gasteiger partial charge in [0, 0.05) is 17.1 Å². The van der Waals surface area contributed by atoms with Gasteiger partial charge in [0.25, 0.3) is 0 Å². The van der Waals surface area contributed by atoms with Gasteiger partial charge in [0.1, 0.15) is 5.69 Å². The Hall–Kier alpha value is -2.81. The van der Waals surface area contributed by atoms with Crippen molar-refractivity contribution >= 4 is 21.6 Å². The van der Waals surface area contributed by atoms with Crippen LogP contribution in [0.25, 0.3) is 32.9 Å². The fraction of sp³-hybridized carbons (Fsp3) is 0.0667. The number of pyridine rings is 1. The Bertz CT molecular complexity index is 1020. The van der Waals surface area contributed by atoms with Gasteiger partial charge in [0.2, 0.25) is 5.82 Å². The van der Waals surface area contributed by atoms with Crippen LogP contribution in [0.3, 0.4) is 0 Å². The predicted octanol–water partition coefficient (Wildman–Crippen LogP) is 4.43. The van der Waals surface area contributed by atoms with E-state index in [1.54, 1.807) is 6.07 Å². The summed E-state index contributed by atoms with van der Waals surface area (Å²) in [4.78, 5) is 7.64. The van der Waals surface area contributed by atoms with Crippen LogP contribution in [0.1, 0.15) is 5.89 Å². The number of benzene rings is 1. The first-order valence-electron chi connectivity index (χ1n) is 6.74. The Morgan fingerprint density at radius 2 is 1.92 bits per heavy atom. The van der Waals surface area contributed by atoms with Gasteiger partial charge in [0.05, 0.1) is 10.4 Å². The lowest BCUT2D eigenvalue weighted by atomic mass is 10.1. The Kier molecular flexibility index (Phi) is 3.31. The summed E-state index contributed by atoms with van der Waals surface area (Å²) in [5.74, 6) is -1.53. The molecule has 0 saturated heterocycles. The topological polar surface area (TPSA) is 64.7 Å². The zero-order valence-corrected chi connectivity index (χ0v) is 12.6. The molecular weight excluding hydrogens is 341 g/mol. The van der Waals surface area contributed by atoms with Gasteiger partial charge in [-0.1, -0.05) is 23.4 Å². The highest BCUT2D eigenvalue weighted by molar-refractivity contribution is 7.13. The Morgan fingerprint density at radius 3 is 2.71 bits per heavy atom. The monoisotopic (exact) mass is 348 g/mol. The molecule has 0 aliphatic rings. The highest BCUT2D eigenvalue weighted by Gasteiger charge is 2.38. The summed E-state index contributed by atoms with van der Waals surface area (Å²) in [6, 6.07) is 10.8. The third kappa shape index (κ3) is 2.52. The van der Waals surface area contributed by atoms with E-state index in [0.29, 0.717) is 17.0 Å². The Morgan fingerprint density at radius 1 is 1.08 bits per heavy atom. The number of hydrogen-bond donors (Lipinski definition) is 0. The number of rotatable bonds is 2. The second kappa shape index (κ2) is 5.38. The van der Waals surface area contributed by atoms with E-state index in [1.807, 2.05) is 24.3 Å². The molecule has 0 N–H and O–H groups in total. The second-order valence-electron chi connectivity index (χ2n) is 4.88. The summed E-state index contributed by atoms with van der Waals surface area (Å²) < 4.78 is 47.4. The van der Waals surface area contributed by atoms with Gasteiger partial charge in [-0.25, -0.2) is 0 Å². The van der Waals surface area contributed by atoms with Gasteiger partial charge in [-0.3, -0.25) is 4.98 Å². The molecule has 120 valence electrons. The van der Waals surface area contributed by atoms with Crippen LogP contribution in [-0.4, -0.2) is 19.5 Å². The lowest BCUT2D eigenvalue weighted by molar-refractivity contribution is -0.159. The maximum absolute atomic E-state index is 12.6. The van der Waals surface area contributed by atoms with E-state index in [2.05, 4.69) is 24.0 Å². The maximum atomic E-state index is 12.6. The van der Waals surface area contributed by atoms with Gasteiger partial charge >= 0.3 is 12.1 Å². The third-order valence-electron chi connectivity index (χ3n) is 3.31. The minimum atomic E-state index is -4.67. The zero-order valence-electron chi connectivity index (χ0n) is 11.8. The number of fused-ring (bicyclic) bond motifs is 1. The second-order valence-corrected chi connectivity index (χ2v) is 5.68. The molecular formula is C15H7F3N4OS. The molecule has 0 atom stereocenters. The zero-order chi connectivity index (χ0) is 16.7. The Balaban J connectivity index is 1.78. The SMILES string of the molecule is FC(F)(F)c1nc(-c2ccnc(-c3nsc4ccccc34)c2)no1. The van der Waals surface area contributed by atoms with E-state index in [4.69, 9.17) is 0 Å². The minimum Gasteiger partial charge on any atom is -0.329 e. The van der Waals surface area contributed by atoms with Gasteiger partial charge in [-0.15, -0.1) is 0 Å². The Labute approximate surface area is 136 Å². The number of hydrogen-bond acceptors (Lipinski definition) is 6. The van der Waals surface area contributed by atoms with E-state index in [9.17, 15) is 13.2 Å². The van der Waals surface area contributed by atoms with Crippen LogP contribution in [0.5, 0.6) is 0 Å². The van der Waals surface area contributed by atoms with Crippen LogP contribution in [0.4, 0.5) is 13.2 Å². The molecule has 4 rings (SSSR count). The predicted molar refractivity (Wildman–Crippen MR) is 81.1 cm³/mol. The third-order valence-corrected chi connectivity index (χ3v) is 4.13. The molecule has 1 aromatic carbocycles. The van der Waals surface area contributed by atoms with E-state index >= 15 is 0 Å². The summed E-state index contributed by atoms with van der Waals surface area (Å²) >= 11 is 1.33.